The molecule has 1 N–H and O–H groups in total. The first-order valence-electron chi connectivity index (χ1n) is 3.81. The second-order valence-corrected chi connectivity index (χ2v) is 2.66. The first-order valence-corrected chi connectivity index (χ1v) is 3.81. The van der Waals surface area contributed by atoms with E-state index in [4.69, 9.17) is 5.11 Å². The van der Waals surface area contributed by atoms with Crippen LogP contribution in [0.2, 0.25) is 0 Å². The minimum atomic E-state index is -1.37. The van der Waals surface area contributed by atoms with E-state index in [-0.39, 0.29) is 11.1 Å². The van der Waals surface area contributed by atoms with E-state index in [1.54, 1.807) is 0 Å². The monoisotopic (exact) mass is 211 g/mol. The third-order valence-electron chi connectivity index (χ3n) is 1.77. The molecule has 5 nitrogen and oxygen atoms in total. The molecule has 0 atom stereocenters. The quantitative estimate of drug-likeness (QED) is 0.613. The van der Waals surface area contributed by atoms with Gasteiger partial charge in [-0.05, 0) is 11.6 Å². The zero-order valence-electron chi connectivity index (χ0n) is 7.44. The van der Waals surface area contributed by atoms with Crippen LogP contribution in [0, 0.1) is 15.9 Å². The maximum absolute atomic E-state index is 13.0. The van der Waals surface area contributed by atoms with Crippen LogP contribution in [0.5, 0.6) is 0 Å². The third kappa shape index (κ3) is 1.98. The average molecular weight is 211 g/mol. The second-order valence-electron chi connectivity index (χ2n) is 2.66. The van der Waals surface area contributed by atoms with E-state index in [9.17, 15) is 19.3 Å². The molecule has 1 aromatic rings. The van der Waals surface area contributed by atoms with E-state index in [1.165, 1.54) is 0 Å². The van der Waals surface area contributed by atoms with Crippen molar-refractivity contribution in [1.82, 2.24) is 0 Å². The first kappa shape index (κ1) is 10.8. The van der Waals surface area contributed by atoms with Crippen LogP contribution in [0.15, 0.2) is 18.7 Å². The van der Waals surface area contributed by atoms with Gasteiger partial charge >= 0.3 is 11.7 Å². The van der Waals surface area contributed by atoms with Crippen molar-refractivity contribution in [2.75, 3.05) is 0 Å². The minimum Gasteiger partial charge on any atom is -0.478 e. The lowest BCUT2D eigenvalue weighted by Gasteiger charge is -2.01. The van der Waals surface area contributed by atoms with Crippen molar-refractivity contribution in [3.63, 3.8) is 0 Å². The molecule has 0 amide bonds. The summed E-state index contributed by atoms with van der Waals surface area (Å²) < 4.78 is 13.0. The van der Waals surface area contributed by atoms with E-state index in [0.29, 0.717) is 6.07 Å². The Kier molecular flexibility index (Phi) is 2.80. The maximum atomic E-state index is 13.0. The minimum absolute atomic E-state index is 0.00519. The highest BCUT2D eigenvalue weighted by molar-refractivity contribution is 5.92. The Labute approximate surface area is 83.6 Å². The van der Waals surface area contributed by atoms with Crippen LogP contribution in [0.3, 0.4) is 0 Å². The van der Waals surface area contributed by atoms with E-state index in [1.807, 2.05) is 0 Å². The van der Waals surface area contributed by atoms with Gasteiger partial charge in [0.2, 0.25) is 5.82 Å². The molecule has 1 aromatic carbocycles. The molecule has 15 heavy (non-hydrogen) atoms. The average Bonchev–Trinajstić information content (AvgIpc) is 2.16. The molecule has 1 rings (SSSR count). The van der Waals surface area contributed by atoms with Gasteiger partial charge in [0.1, 0.15) is 0 Å². The lowest BCUT2D eigenvalue weighted by molar-refractivity contribution is -0.387. The Morgan fingerprint density at radius 2 is 2.20 bits per heavy atom. The zero-order valence-corrected chi connectivity index (χ0v) is 7.44. The van der Waals surface area contributed by atoms with Gasteiger partial charge in [0.25, 0.3) is 0 Å². The topological polar surface area (TPSA) is 80.4 Å². The molecule has 0 bridgehead atoms. The molecule has 0 heterocycles. The van der Waals surface area contributed by atoms with E-state index >= 15 is 0 Å². The number of nitro benzene ring substituents is 1. The summed E-state index contributed by atoms with van der Waals surface area (Å²) in [6.45, 7) is 3.29. The van der Waals surface area contributed by atoms with Crippen molar-refractivity contribution >= 4 is 17.7 Å². The number of halogens is 1. The van der Waals surface area contributed by atoms with Crippen molar-refractivity contribution in [3.05, 3.63) is 45.8 Å². The SMILES string of the molecule is C=Cc1cc(F)c([N+](=O)[O-])cc1C(=O)O. The molecule has 0 spiro atoms. The van der Waals surface area contributed by atoms with E-state index < -0.39 is 22.4 Å². The number of nitrogens with zero attached hydrogens (tertiary/aromatic N) is 1. The molecule has 0 unspecified atom stereocenters. The van der Waals surface area contributed by atoms with Crippen molar-refractivity contribution in [3.8, 4) is 0 Å². The van der Waals surface area contributed by atoms with Crippen LogP contribution in [0.4, 0.5) is 10.1 Å². The Balaban J connectivity index is 3.50. The summed E-state index contributed by atoms with van der Waals surface area (Å²) in [7, 11) is 0. The van der Waals surface area contributed by atoms with E-state index in [0.717, 1.165) is 12.1 Å². The normalized spacial score (nSPS) is 9.67. The van der Waals surface area contributed by atoms with Crippen LogP contribution >= 0.6 is 0 Å². The van der Waals surface area contributed by atoms with Gasteiger partial charge < -0.3 is 5.11 Å². The number of carbonyl (C=O) groups is 1. The highest BCUT2D eigenvalue weighted by atomic mass is 19.1. The summed E-state index contributed by atoms with van der Waals surface area (Å²) >= 11 is 0. The van der Waals surface area contributed by atoms with Gasteiger partial charge in [-0.3, -0.25) is 10.1 Å². The molecule has 0 aliphatic carbocycles. The Morgan fingerprint density at radius 3 is 2.60 bits per heavy atom. The van der Waals surface area contributed by atoms with Gasteiger partial charge in [-0.2, -0.15) is 4.39 Å². The molecule has 78 valence electrons. The molecule has 6 heteroatoms. The molecular weight excluding hydrogens is 205 g/mol. The number of carboxylic acids is 1. The van der Waals surface area contributed by atoms with Crippen LogP contribution in [-0.2, 0) is 0 Å². The second kappa shape index (κ2) is 3.87. The third-order valence-corrected chi connectivity index (χ3v) is 1.77. The molecule has 0 aliphatic rings. The van der Waals surface area contributed by atoms with Crippen molar-refractivity contribution in [2.45, 2.75) is 0 Å². The van der Waals surface area contributed by atoms with Gasteiger partial charge in [0.05, 0.1) is 10.5 Å². The summed E-state index contributed by atoms with van der Waals surface area (Å²) in [6.07, 6.45) is 1.12. The predicted molar refractivity (Wildman–Crippen MR) is 50.1 cm³/mol. The summed E-state index contributed by atoms with van der Waals surface area (Å²) in [5.74, 6) is -2.45. The van der Waals surface area contributed by atoms with Crippen LogP contribution in [0.25, 0.3) is 6.08 Å². The zero-order chi connectivity index (χ0) is 11.6. The summed E-state index contributed by atoms with van der Waals surface area (Å²) in [5, 5.41) is 19.0. The number of hydrogen-bond donors (Lipinski definition) is 1. The van der Waals surface area contributed by atoms with Crippen molar-refractivity contribution in [2.24, 2.45) is 0 Å². The number of aromatic carboxylic acids is 1. The van der Waals surface area contributed by atoms with Gasteiger partial charge in [0.15, 0.2) is 0 Å². The molecular formula is C9H6FNO4. The van der Waals surface area contributed by atoms with Gasteiger partial charge in [-0.15, -0.1) is 0 Å². The number of carboxylic acid groups (broad SMARTS) is 1. The van der Waals surface area contributed by atoms with Crippen LogP contribution in [-0.4, -0.2) is 16.0 Å². The van der Waals surface area contributed by atoms with Gasteiger partial charge in [-0.1, -0.05) is 12.7 Å². The molecule has 0 aromatic heterocycles. The molecule has 0 fully saturated rings. The summed E-state index contributed by atoms with van der Waals surface area (Å²) in [6, 6.07) is 1.45. The number of nitro groups is 1. The maximum Gasteiger partial charge on any atom is 0.336 e. The fourth-order valence-electron chi connectivity index (χ4n) is 1.07. The fourth-order valence-corrected chi connectivity index (χ4v) is 1.07. The molecule has 0 saturated heterocycles. The Hall–Kier alpha value is -2.24. The van der Waals surface area contributed by atoms with E-state index in [2.05, 4.69) is 6.58 Å². The standard InChI is InChI=1S/C9H6FNO4/c1-2-5-3-7(10)8(11(14)15)4-6(5)9(12)13/h2-4H,1H2,(H,12,13). The summed E-state index contributed by atoms with van der Waals surface area (Å²) in [5.41, 5.74) is -1.21. The predicted octanol–water partition coefficient (Wildman–Crippen LogP) is 2.08. The molecule has 0 radical (unpaired) electrons. The van der Waals surface area contributed by atoms with Crippen molar-refractivity contribution < 1.29 is 19.2 Å². The largest absolute Gasteiger partial charge is 0.478 e. The Bertz CT molecular complexity index is 456. The fraction of sp³-hybridized carbons (Fsp3) is 0. The van der Waals surface area contributed by atoms with Gasteiger partial charge in [0, 0.05) is 6.07 Å². The van der Waals surface area contributed by atoms with Crippen LogP contribution < -0.4 is 0 Å². The summed E-state index contributed by atoms with van der Waals surface area (Å²) in [4.78, 5) is 20.0. The molecule has 0 aliphatic heterocycles. The van der Waals surface area contributed by atoms with Crippen LogP contribution in [0.1, 0.15) is 15.9 Å². The lowest BCUT2D eigenvalue weighted by Crippen LogP contribution is -2.03. The Morgan fingerprint density at radius 1 is 1.60 bits per heavy atom. The highest BCUT2D eigenvalue weighted by Gasteiger charge is 2.20. The first-order chi connectivity index (χ1) is 6.97. The van der Waals surface area contributed by atoms with Crippen molar-refractivity contribution in [1.29, 1.82) is 0 Å². The molecule has 0 saturated carbocycles. The number of hydrogen-bond acceptors (Lipinski definition) is 3. The highest BCUT2D eigenvalue weighted by Crippen LogP contribution is 2.23. The smallest absolute Gasteiger partial charge is 0.336 e. The number of rotatable bonds is 3. The lowest BCUT2D eigenvalue weighted by atomic mass is 10.1. The van der Waals surface area contributed by atoms with Gasteiger partial charge in [-0.25, -0.2) is 4.79 Å². The number of benzene rings is 1.